The SMILES string of the molecule is CSCCCCCCCCCCn1cc[n+](C)c1.Cc1ccc(S(=O)(=O)[O-])cc1. The van der Waals surface area contributed by atoms with Crippen LogP contribution in [0.3, 0.4) is 0 Å². The molecule has 1 heterocycles. The Labute approximate surface area is 181 Å². The average Bonchev–Trinajstić information content (AvgIpc) is 3.08. The fourth-order valence-electron chi connectivity index (χ4n) is 2.94. The number of hydrogen-bond acceptors (Lipinski definition) is 4. The number of aromatic nitrogens is 2. The van der Waals surface area contributed by atoms with E-state index in [0.717, 1.165) is 5.56 Å². The summed E-state index contributed by atoms with van der Waals surface area (Å²) in [6.07, 6.45) is 19.9. The maximum absolute atomic E-state index is 10.4. The molecule has 1 aromatic heterocycles. The van der Waals surface area contributed by atoms with Crippen molar-refractivity contribution in [3.05, 3.63) is 48.5 Å². The van der Waals surface area contributed by atoms with Gasteiger partial charge in [-0.1, -0.05) is 49.8 Å². The Hall–Kier alpha value is -1.31. The number of imidazole rings is 1. The van der Waals surface area contributed by atoms with Crippen LogP contribution in [0.5, 0.6) is 0 Å². The van der Waals surface area contributed by atoms with Crippen LogP contribution in [0.25, 0.3) is 0 Å². The highest BCUT2D eigenvalue weighted by atomic mass is 32.2. The van der Waals surface area contributed by atoms with Crippen molar-refractivity contribution in [2.75, 3.05) is 12.0 Å². The quantitative estimate of drug-likeness (QED) is 0.273. The highest BCUT2D eigenvalue weighted by Gasteiger charge is 1.99. The van der Waals surface area contributed by atoms with E-state index in [1.54, 1.807) is 12.1 Å². The molecule has 0 fully saturated rings. The molecule has 1 aromatic carbocycles. The first kappa shape index (κ1) is 25.7. The first-order valence-electron chi connectivity index (χ1n) is 10.4. The monoisotopic (exact) mass is 440 g/mol. The third-order valence-corrected chi connectivity index (χ3v) is 6.19. The fraction of sp³-hybridized carbons (Fsp3) is 0.591. The zero-order valence-corrected chi connectivity index (χ0v) is 19.7. The van der Waals surface area contributed by atoms with E-state index in [4.69, 9.17) is 0 Å². The molecule has 2 aromatic rings. The molecule has 0 aliphatic carbocycles. The highest BCUT2D eigenvalue weighted by molar-refractivity contribution is 7.98. The van der Waals surface area contributed by atoms with Gasteiger partial charge >= 0.3 is 0 Å². The molecule has 0 saturated carbocycles. The summed E-state index contributed by atoms with van der Waals surface area (Å²) in [6.45, 7) is 3.00. The lowest BCUT2D eigenvalue weighted by Crippen LogP contribution is -2.23. The van der Waals surface area contributed by atoms with E-state index in [-0.39, 0.29) is 4.90 Å². The predicted molar refractivity (Wildman–Crippen MR) is 120 cm³/mol. The zero-order chi connectivity index (χ0) is 21.5. The summed E-state index contributed by atoms with van der Waals surface area (Å²) in [5.74, 6) is 1.34. The van der Waals surface area contributed by atoms with Crippen molar-refractivity contribution in [3.8, 4) is 0 Å². The first-order valence-corrected chi connectivity index (χ1v) is 13.2. The predicted octanol–water partition coefficient (Wildman–Crippen LogP) is 4.70. The van der Waals surface area contributed by atoms with E-state index in [1.165, 1.54) is 75.8 Å². The van der Waals surface area contributed by atoms with Gasteiger partial charge in [-0.2, -0.15) is 11.8 Å². The van der Waals surface area contributed by atoms with E-state index in [1.807, 2.05) is 18.7 Å². The van der Waals surface area contributed by atoms with Gasteiger partial charge in [-0.15, -0.1) is 0 Å². The van der Waals surface area contributed by atoms with Gasteiger partial charge in [-0.25, -0.2) is 17.6 Å². The number of nitrogens with zero attached hydrogens (tertiary/aromatic N) is 2. The van der Waals surface area contributed by atoms with Crippen molar-refractivity contribution < 1.29 is 17.5 Å². The van der Waals surface area contributed by atoms with Gasteiger partial charge in [0.15, 0.2) is 0 Å². The average molecular weight is 441 g/mol. The molecule has 7 heteroatoms. The third-order valence-electron chi connectivity index (χ3n) is 4.65. The Morgan fingerprint density at radius 2 is 1.52 bits per heavy atom. The van der Waals surface area contributed by atoms with Crippen LogP contribution >= 0.6 is 11.8 Å². The molecule has 0 N–H and O–H groups in total. The van der Waals surface area contributed by atoms with Gasteiger partial charge in [0.05, 0.1) is 18.5 Å². The van der Waals surface area contributed by atoms with Crippen LogP contribution in [0.4, 0.5) is 0 Å². The lowest BCUT2D eigenvalue weighted by Gasteiger charge is -2.05. The van der Waals surface area contributed by atoms with Crippen molar-refractivity contribution >= 4 is 21.9 Å². The van der Waals surface area contributed by atoms with Crippen molar-refractivity contribution in [3.63, 3.8) is 0 Å². The fourth-order valence-corrected chi connectivity index (χ4v) is 3.90. The summed E-state index contributed by atoms with van der Waals surface area (Å²) < 4.78 is 35.6. The molecule has 0 amide bonds. The number of unbranched alkanes of at least 4 members (excludes halogenated alkanes) is 7. The maximum atomic E-state index is 10.4. The first-order chi connectivity index (χ1) is 13.8. The van der Waals surface area contributed by atoms with E-state index in [2.05, 4.69) is 41.2 Å². The van der Waals surface area contributed by atoms with Crippen molar-refractivity contribution in [1.29, 1.82) is 0 Å². The second-order valence-electron chi connectivity index (χ2n) is 7.41. The van der Waals surface area contributed by atoms with Crippen LogP contribution in [-0.2, 0) is 23.7 Å². The second-order valence-corrected chi connectivity index (χ2v) is 9.77. The molecule has 0 radical (unpaired) electrons. The summed E-state index contributed by atoms with van der Waals surface area (Å²) >= 11 is 1.97. The minimum atomic E-state index is -4.27. The second kappa shape index (κ2) is 14.6. The van der Waals surface area contributed by atoms with Gasteiger partial charge in [-0.05, 0) is 50.3 Å². The summed E-state index contributed by atoms with van der Waals surface area (Å²) in [5.41, 5.74) is 0.928. The number of benzene rings is 1. The van der Waals surface area contributed by atoms with Crippen molar-refractivity contribution in [2.24, 2.45) is 7.05 Å². The Bertz CT molecular complexity index is 772. The normalized spacial score (nSPS) is 11.2. The van der Waals surface area contributed by atoms with Crippen molar-refractivity contribution in [2.45, 2.75) is 69.7 Å². The molecule has 0 aliphatic heterocycles. The molecule has 5 nitrogen and oxygen atoms in total. The zero-order valence-electron chi connectivity index (χ0n) is 18.0. The van der Waals surface area contributed by atoms with E-state index in [9.17, 15) is 13.0 Å². The van der Waals surface area contributed by atoms with E-state index >= 15 is 0 Å². The van der Waals surface area contributed by atoms with Crippen molar-refractivity contribution in [1.82, 2.24) is 4.57 Å². The van der Waals surface area contributed by atoms with Gasteiger partial charge < -0.3 is 4.55 Å². The van der Waals surface area contributed by atoms with Gasteiger partial charge in [0.2, 0.25) is 6.33 Å². The molecule has 0 saturated heterocycles. The molecule has 0 aliphatic rings. The van der Waals surface area contributed by atoms with Gasteiger partial charge in [0.25, 0.3) is 0 Å². The molecule has 0 unspecified atom stereocenters. The smallest absolute Gasteiger partial charge is 0.243 e. The molecule has 2 rings (SSSR count). The topological polar surface area (TPSA) is 66.0 Å². The van der Waals surface area contributed by atoms with Gasteiger partial charge in [-0.3, -0.25) is 0 Å². The largest absolute Gasteiger partial charge is 0.744 e. The molecule has 164 valence electrons. The Morgan fingerprint density at radius 1 is 0.966 bits per heavy atom. The van der Waals surface area contributed by atoms with E-state index in [0.29, 0.717) is 0 Å². The van der Waals surface area contributed by atoms with Crippen LogP contribution in [0.2, 0.25) is 0 Å². The Kier molecular flexibility index (Phi) is 13.0. The molecule has 0 spiro atoms. The summed E-state index contributed by atoms with van der Waals surface area (Å²) in [5, 5.41) is 0. The number of aryl methyl sites for hydroxylation is 3. The van der Waals surface area contributed by atoms with E-state index < -0.39 is 10.1 Å². The minimum Gasteiger partial charge on any atom is -0.744 e. The maximum Gasteiger partial charge on any atom is 0.243 e. The lowest BCUT2D eigenvalue weighted by atomic mass is 10.1. The van der Waals surface area contributed by atoms with Gasteiger partial charge in [0, 0.05) is 0 Å². The van der Waals surface area contributed by atoms with Crippen LogP contribution in [0.15, 0.2) is 47.9 Å². The highest BCUT2D eigenvalue weighted by Crippen LogP contribution is 2.10. The molecule has 0 atom stereocenters. The molecular weight excluding hydrogens is 404 g/mol. The number of hydrogen-bond donors (Lipinski definition) is 0. The minimum absolute atomic E-state index is 0.178. The molecular formula is C22H36N2O3S2. The Morgan fingerprint density at radius 3 is 2.00 bits per heavy atom. The van der Waals surface area contributed by atoms with Crippen LogP contribution in [0.1, 0.15) is 56.9 Å². The van der Waals surface area contributed by atoms with Crippen LogP contribution < -0.4 is 4.57 Å². The lowest BCUT2D eigenvalue weighted by molar-refractivity contribution is -0.671. The van der Waals surface area contributed by atoms with Crippen LogP contribution in [0, 0.1) is 6.92 Å². The third kappa shape index (κ3) is 12.8. The molecule has 0 bridgehead atoms. The Balaban J connectivity index is 0.000000326. The standard InChI is InChI=1S/C15H29N2S.C7H8O3S/c1-16-12-13-17(15-16)11-9-7-5-3-4-6-8-10-14-18-2;1-6-2-4-7(5-3-6)11(8,9)10/h12-13,15H,3-11,14H2,1-2H3;2-5H,1H3,(H,8,9,10)/q+1;/p-1. The van der Waals surface area contributed by atoms with Gasteiger partial charge in [0.1, 0.15) is 22.5 Å². The number of thioether (sulfide) groups is 1. The van der Waals surface area contributed by atoms with Crippen LogP contribution in [-0.4, -0.2) is 29.5 Å². The summed E-state index contributed by atoms with van der Waals surface area (Å²) in [7, 11) is -2.19. The number of rotatable bonds is 12. The molecule has 29 heavy (non-hydrogen) atoms. The summed E-state index contributed by atoms with van der Waals surface area (Å²) in [6, 6.07) is 5.78. The summed E-state index contributed by atoms with van der Waals surface area (Å²) in [4.78, 5) is -0.178.